The van der Waals surface area contributed by atoms with Gasteiger partial charge in [-0.3, -0.25) is 4.79 Å². The molecule has 2 heterocycles. The van der Waals surface area contributed by atoms with Crippen molar-refractivity contribution in [1.29, 1.82) is 0 Å². The van der Waals surface area contributed by atoms with Crippen LogP contribution in [0.2, 0.25) is 0 Å². The van der Waals surface area contributed by atoms with Crippen LogP contribution in [0.15, 0.2) is 10.6 Å². The first-order chi connectivity index (χ1) is 13.9. The van der Waals surface area contributed by atoms with Gasteiger partial charge in [-0.05, 0) is 44.6 Å². The molecule has 7 nitrogen and oxygen atoms in total. The van der Waals surface area contributed by atoms with E-state index in [1.165, 1.54) is 0 Å². The summed E-state index contributed by atoms with van der Waals surface area (Å²) in [6, 6.07) is 1.86. The van der Waals surface area contributed by atoms with Crippen LogP contribution in [0.4, 0.5) is 0 Å². The summed E-state index contributed by atoms with van der Waals surface area (Å²) < 4.78 is 10.8. The molecule has 2 aliphatic rings. The summed E-state index contributed by atoms with van der Waals surface area (Å²) in [6.07, 6.45) is 6.18. The number of rotatable bonds is 6. The average molecular weight is 399 g/mol. The maximum Gasteiger partial charge on any atom is 0.331 e. The van der Waals surface area contributed by atoms with Crippen LogP contribution in [-0.4, -0.2) is 34.2 Å². The van der Waals surface area contributed by atoms with Crippen LogP contribution in [-0.2, 0) is 9.53 Å². The predicted molar refractivity (Wildman–Crippen MR) is 108 cm³/mol. The molecule has 0 atom stereocenters. The summed E-state index contributed by atoms with van der Waals surface area (Å²) in [5, 5.41) is 7.89. The molecule has 2 aromatic heterocycles. The van der Waals surface area contributed by atoms with Gasteiger partial charge in [-0.15, -0.1) is 0 Å². The van der Waals surface area contributed by atoms with Crippen LogP contribution in [0.3, 0.4) is 0 Å². The molecule has 0 spiro atoms. The van der Waals surface area contributed by atoms with Crippen LogP contribution in [0.1, 0.15) is 99.3 Å². The number of fused-ring (bicyclic) bond motifs is 1. The number of aromatic nitrogens is 2. The molecular weight excluding hydrogens is 370 g/mol. The molecule has 29 heavy (non-hydrogen) atoms. The molecule has 0 radical (unpaired) electrons. The van der Waals surface area contributed by atoms with Crippen LogP contribution in [0, 0.1) is 0 Å². The lowest BCUT2D eigenvalue weighted by Gasteiger charge is -2.35. The minimum Gasteiger partial charge on any atom is -0.464 e. The second-order valence-electron chi connectivity index (χ2n) is 8.59. The standard InChI is InChI=1S/C22H29N3O4/c1-4-28-21(27)22(10-6-5-7-11-22)24-19(26)15-12-16(14-8-9-14)23-20-17(15)18(13(2)3)25-29-20/h12-14H,4-11H2,1-3H3,(H,24,26). The molecule has 2 aliphatic carbocycles. The number of hydrogen-bond donors (Lipinski definition) is 1. The Kier molecular flexibility index (Phi) is 5.32. The van der Waals surface area contributed by atoms with Gasteiger partial charge < -0.3 is 14.6 Å². The van der Waals surface area contributed by atoms with Gasteiger partial charge in [0, 0.05) is 11.6 Å². The Morgan fingerprint density at radius 2 is 2.00 bits per heavy atom. The lowest BCUT2D eigenvalue weighted by molar-refractivity contribution is -0.152. The largest absolute Gasteiger partial charge is 0.464 e. The Labute approximate surface area is 170 Å². The second-order valence-corrected chi connectivity index (χ2v) is 8.59. The van der Waals surface area contributed by atoms with E-state index in [9.17, 15) is 9.59 Å². The van der Waals surface area contributed by atoms with Gasteiger partial charge in [0.15, 0.2) is 0 Å². The quantitative estimate of drug-likeness (QED) is 0.731. The van der Waals surface area contributed by atoms with Crippen LogP contribution < -0.4 is 5.32 Å². The first-order valence-electron chi connectivity index (χ1n) is 10.7. The highest BCUT2D eigenvalue weighted by Crippen LogP contribution is 2.41. The Morgan fingerprint density at radius 1 is 1.28 bits per heavy atom. The zero-order valence-electron chi connectivity index (χ0n) is 17.4. The van der Waals surface area contributed by atoms with Crippen molar-refractivity contribution in [3.05, 3.63) is 23.0 Å². The molecule has 0 unspecified atom stereocenters. The van der Waals surface area contributed by atoms with Crippen LogP contribution in [0.25, 0.3) is 11.1 Å². The first-order valence-corrected chi connectivity index (χ1v) is 10.7. The van der Waals surface area contributed by atoms with Gasteiger partial charge in [-0.2, -0.15) is 0 Å². The molecule has 2 aromatic rings. The van der Waals surface area contributed by atoms with Crippen molar-refractivity contribution >= 4 is 23.0 Å². The van der Waals surface area contributed by atoms with E-state index in [0.29, 0.717) is 47.7 Å². The average Bonchev–Trinajstić information content (AvgIpc) is 3.46. The number of amides is 1. The number of esters is 1. The summed E-state index contributed by atoms with van der Waals surface area (Å²) in [7, 11) is 0. The van der Waals surface area contributed by atoms with E-state index in [1.807, 2.05) is 19.9 Å². The maximum atomic E-state index is 13.5. The number of pyridine rings is 1. The van der Waals surface area contributed by atoms with Gasteiger partial charge in [-0.1, -0.05) is 38.3 Å². The molecule has 7 heteroatoms. The van der Waals surface area contributed by atoms with Crippen molar-refractivity contribution in [2.75, 3.05) is 6.61 Å². The van der Waals surface area contributed by atoms with Gasteiger partial charge in [0.1, 0.15) is 5.54 Å². The fourth-order valence-corrected chi connectivity index (χ4v) is 4.24. The van der Waals surface area contributed by atoms with Crippen molar-refractivity contribution in [1.82, 2.24) is 15.5 Å². The van der Waals surface area contributed by atoms with Gasteiger partial charge in [0.2, 0.25) is 0 Å². The van der Waals surface area contributed by atoms with Crippen molar-refractivity contribution in [3.8, 4) is 0 Å². The molecule has 0 aromatic carbocycles. The number of carbonyl (C=O) groups is 2. The van der Waals surface area contributed by atoms with Gasteiger partial charge in [-0.25, -0.2) is 9.78 Å². The smallest absolute Gasteiger partial charge is 0.331 e. The van der Waals surface area contributed by atoms with Gasteiger partial charge in [0.05, 0.1) is 23.3 Å². The van der Waals surface area contributed by atoms with Crippen molar-refractivity contribution in [2.45, 2.75) is 83.1 Å². The van der Waals surface area contributed by atoms with Crippen molar-refractivity contribution in [3.63, 3.8) is 0 Å². The summed E-state index contributed by atoms with van der Waals surface area (Å²) in [5.74, 6) is -0.160. The van der Waals surface area contributed by atoms with Crippen molar-refractivity contribution < 1.29 is 18.8 Å². The fourth-order valence-electron chi connectivity index (χ4n) is 4.24. The SMILES string of the molecule is CCOC(=O)C1(NC(=O)c2cc(C3CC3)nc3onc(C(C)C)c23)CCCCC1. The zero-order valence-corrected chi connectivity index (χ0v) is 17.4. The number of carbonyl (C=O) groups excluding carboxylic acids is 2. The van der Waals surface area contributed by atoms with Crippen LogP contribution in [0.5, 0.6) is 0 Å². The van der Waals surface area contributed by atoms with Crippen LogP contribution >= 0.6 is 0 Å². The number of nitrogens with zero attached hydrogens (tertiary/aromatic N) is 2. The minimum atomic E-state index is -0.962. The van der Waals surface area contributed by atoms with E-state index < -0.39 is 5.54 Å². The highest BCUT2D eigenvalue weighted by atomic mass is 16.5. The molecule has 1 N–H and O–H groups in total. The summed E-state index contributed by atoms with van der Waals surface area (Å²) >= 11 is 0. The van der Waals surface area contributed by atoms with E-state index in [2.05, 4.69) is 15.5 Å². The lowest BCUT2D eigenvalue weighted by Crippen LogP contribution is -2.56. The fraction of sp³-hybridized carbons (Fsp3) is 0.636. The lowest BCUT2D eigenvalue weighted by atomic mass is 9.81. The van der Waals surface area contributed by atoms with E-state index in [1.54, 1.807) is 6.92 Å². The second kappa shape index (κ2) is 7.76. The highest BCUT2D eigenvalue weighted by molar-refractivity contribution is 6.07. The molecule has 4 rings (SSSR count). The number of hydrogen-bond acceptors (Lipinski definition) is 6. The molecule has 0 saturated heterocycles. The topological polar surface area (TPSA) is 94.3 Å². The Balaban J connectivity index is 1.75. The van der Waals surface area contributed by atoms with E-state index in [-0.39, 0.29) is 17.8 Å². The molecule has 156 valence electrons. The van der Waals surface area contributed by atoms with E-state index in [0.717, 1.165) is 37.8 Å². The molecule has 2 fully saturated rings. The molecule has 0 bridgehead atoms. The third kappa shape index (κ3) is 3.74. The highest BCUT2D eigenvalue weighted by Gasteiger charge is 2.43. The molecular formula is C22H29N3O4. The van der Waals surface area contributed by atoms with Crippen molar-refractivity contribution in [2.24, 2.45) is 0 Å². The minimum absolute atomic E-state index is 0.0880. The predicted octanol–water partition coefficient (Wildman–Crippen LogP) is 4.22. The van der Waals surface area contributed by atoms with Gasteiger partial charge >= 0.3 is 5.97 Å². The molecule has 2 saturated carbocycles. The Bertz CT molecular complexity index is 924. The Hall–Kier alpha value is -2.44. The maximum absolute atomic E-state index is 13.5. The molecule has 0 aliphatic heterocycles. The number of nitrogens with one attached hydrogen (secondary N) is 1. The monoisotopic (exact) mass is 399 g/mol. The molecule has 1 amide bonds. The summed E-state index contributed by atoms with van der Waals surface area (Å²) in [5.41, 5.74) is 1.51. The van der Waals surface area contributed by atoms with E-state index in [4.69, 9.17) is 9.26 Å². The first kappa shape index (κ1) is 19.9. The summed E-state index contributed by atoms with van der Waals surface area (Å²) in [6.45, 7) is 6.10. The third-order valence-electron chi connectivity index (χ3n) is 6.01. The zero-order chi connectivity index (χ0) is 20.6. The van der Waals surface area contributed by atoms with Gasteiger partial charge in [0.25, 0.3) is 11.6 Å². The normalized spacial score (nSPS) is 18.8. The number of ether oxygens (including phenoxy) is 1. The van der Waals surface area contributed by atoms with E-state index >= 15 is 0 Å². The Morgan fingerprint density at radius 3 is 2.62 bits per heavy atom. The summed E-state index contributed by atoms with van der Waals surface area (Å²) in [4.78, 5) is 30.9. The third-order valence-corrected chi connectivity index (χ3v) is 6.01.